The highest BCUT2D eigenvalue weighted by molar-refractivity contribution is 7.08. The molecule has 4 aromatic rings. The lowest BCUT2D eigenvalue weighted by Crippen LogP contribution is -2.10. The summed E-state index contributed by atoms with van der Waals surface area (Å²) in [6.45, 7) is 0.475. The number of hydrogen-bond donors (Lipinski definition) is 1. The van der Waals surface area contributed by atoms with Gasteiger partial charge in [-0.2, -0.15) is 11.3 Å². The van der Waals surface area contributed by atoms with Crippen LogP contribution in [0.5, 0.6) is 17.4 Å². The quantitative estimate of drug-likeness (QED) is 0.347. The molecule has 0 unspecified atom stereocenters. The highest BCUT2D eigenvalue weighted by Crippen LogP contribution is 2.28. The second kappa shape index (κ2) is 10.7. The van der Waals surface area contributed by atoms with Crippen molar-refractivity contribution in [2.75, 3.05) is 26.1 Å². The maximum atomic E-state index is 12.3. The molecule has 0 aliphatic heterocycles. The van der Waals surface area contributed by atoms with Gasteiger partial charge in [-0.3, -0.25) is 4.79 Å². The van der Waals surface area contributed by atoms with Crippen molar-refractivity contribution in [3.8, 4) is 28.6 Å². The summed E-state index contributed by atoms with van der Waals surface area (Å²) in [7, 11) is 3.24. The van der Waals surface area contributed by atoms with Crippen LogP contribution in [0.1, 0.15) is 15.9 Å². The Balaban J connectivity index is 1.40. The zero-order valence-electron chi connectivity index (χ0n) is 18.4. The van der Waals surface area contributed by atoms with Gasteiger partial charge in [0.05, 0.1) is 32.1 Å². The van der Waals surface area contributed by atoms with E-state index in [-0.39, 0.29) is 5.91 Å². The molecule has 0 saturated carbocycles. The number of ether oxygens (including phenoxy) is 3. The van der Waals surface area contributed by atoms with Crippen molar-refractivity contribution in [3.63, 3.8) is 0 Å². The standard InChI is InChI=1S/C26H24N2O4S/c1-30-23-10-9-18(15-24(23)31-2)11-13-32-25-8-4-7-22(28-25)19-5-3-6-21(16-19)27-26(29)20-12-14-33-17-20/h3-10,12,14-17H,11,13H2,1-2H3,(H,27,29). The zero-order valence-corrected chi connectivity index (χ0v) is 19.2. The fraction of sp³-hybridized carbons (Fsp3) is 0.154. The molecule has 0 fully saturated rings. The lowest BCUT2D eigenvalue weighted by molar-refractivity contribution is 0.102. The predicted molar refractivity (Wildman–Crippen MR) is 131 cm³/mol. The third-order valence-electron chi connectivity index (χ3n) is 5.01. The Hall–Kier alpha value is -3.84. The summed E-state index contributed by atoms with van der Waals surface area (Å²) in [6.07, 6.45) is 0.705. The molecule has 0 aliphatic rings. The fourth-order valence-electron chi connectivity index (χ4n) is 3.32. The van der Waals surface area contributed by atoms with Gasteiger partial charge in [-0.25, -0.2) is 4.98 Å². The molecule has 7 heteroatoms. The number of nitrogens with zero attached hydrogens (tertiary/aromatic N) is 1. The summed E-state index contributed by atoms with van der Waals surface area (Å²) < 4.78 is 16.5. The average Bonchev–Trinajstić information content (AvgIpc) is 3.40. The Kier molecular flexibility index (Phi) is 7.22. The highest BCUT2D eigenvalue weighted by Gasteiger charge is 2.09. The van der Waals surface area contributed by atoms with Crippen LogP contribution in [-0.2, 0) is 6.42 Å². The number of methoxy groups -OCH3 is 2. The number of hydrogen-bond acceptors (Lipinski definition) is 6. The lowest BCUT2D eigenvalue weighted by Gasteiger charge is -2.11. The number of amides is 1. The molecule has 33 heavy (non-hydrogen) atoms. The van der Waals surface area contributed by atoms with Crippen molar-refractivity contribution >= 4 is 22.9 Å². The van der Waals surface area contributed by atoms with E-state index in [1.165, 1.54) is 11.3 Å². The van der Waals surface area contributed by atoms with Crippen LogP contribution in [0.4, 0.5) is 5.69 Å². The first-order valence-electron chi connectivity index (χ1n) is 10.4. The normalized spacial score (nSPS) is 10.5. The molecular formula is C26H24N2O4S. The van der Waals surface area contributed by atoms with Gasteiger partial charge in [-0.1, -0.05) is 24.3 Å². The zero-order chi connectivity index (χ0) is 23.0. The number of anilines is 1. The SMILES string of the molecule is COc1ccc(CCOc2cccc(-c3cccc(NC(=O)c4ccsc4)c3)n2)cc1OC. The molecule has 0 bridgehead atoms. The van der Waals surface area contributed by atoms with Crippen LogP contribution in [0.15, 0.2) is 77.5 Å². The number of carbonyl (C=O) groups excluding carboxylic acids is 1. The third-order valence-corrected chi connectivity index (χ3v) is 5.69. The Labute approximate surface area is 196 Å². The van der Waals surface area contributed by atoms with Crippen LogP contribution in [0.2, 0.25) is 0 Å². The molecule has 0 aliphatic carbocycles. The second-order valence-corrected chi connectivity index (χ2v) is 7.98. The number of aromatic nitrogens is 1. The molecule has 0 spiro atoms. The van der Waals surface area contributed by atoms with E-state index in [1.54, 1.807) is 20.3 Å². The van der Waals surface area contributed by atoms with Gasteiger partial charge in [-0.05, 0) is 47.3 Å². The molecule has 2 heterocycles. The Morgan fingerprint density at radius 1 is 0.970 bits per heavy atom. The molecule has 2 aromatic heterocycles. The second-order valence-electron chi connectivity index (χ2n) is 7.20. The average molecular weight is 461 g/mol. The largest absolute Gasteiger partial charge is 0.493 e. The van der Waals surface area contributed by atoms with E-state index in [0.717, 1.165) is 16.8 Å². The minimum atomic E-state index is -0.131. The molecule has 6 nitrogen and oxygen atoms in total. The summed E-state index contributed by atoms with van der Waals surface area (Å²) in [5.74, 6) is 1.81. The van der Waals surface area contributed by atoms with Crippen LogP contribution in [0.25, 0.3) is 11.3 Å². The Morgan fingerprint density at radius 2 is 1.82 bits per heavy atom. The molecule has 168 valence electrons. The molecule has 4 rings (SSSR count). The van der Waals surface area contributed by atoms with Gasteiger partial charge in [-0.15, -0.1) is 0 Å². The molecule has 0 atom stereocenters. The van der Waals surface area contributed by atoms with Crippen molar-refractivity contribution in [2.45, 2.75) is 6.42 Å². The first-order valence-corrected chi connectivity index (χ1v) is 11.4. The Morgan fingerprint density at radius 3 is 2.61 bits per heavy atom. The van der Waals surface area contributed by atoms with E-state index in [2.05, 4.69) is 10.3 Å². The van der Waals surface area contributed by atoms with Gasteiger partial charge >= 0.3 is 0 Å². The molecule has 1 N–H and O–H groups in total. The fourth-order valence-corrected chi connectivity index (χ4v) is 3.95. The summed E-state index contributed by atoms with van der Waals surface area (Å²) in [5, 5.41) is 6.63. The van der Waals surface area contributed by atoms with E-state index in [4.69, 9.17) is 14.2 Å². The monoisotopic (exact) mass is 460 g/mol. The molecular weight excluding hydrogens is 436 g/mol. The van der Waals surface area contributed by atoms with E-state index >= 15 is 0 Å². The maximum Gasteiger partial charge on any atom is 0.256 e. The molecule has 0 saturated heterocycles. The van der Waals surface area contributed by atoms with Gasteiger partial charge in [0.15, 0.2) is 11.5 Å². The Bertz CT molecular complexity index is 1220. The highest BCUT2D eigenvalue weighted by atomic mass is 32.1. The lowest BCUT2D eigenvalue weighted by atomic mass is 10.1. The summed E-state index contributed by atoms with van der Waals surface area (Å²) >= 11 is 1.49. The minimum Gasteiger partial charge on any atom is -0.493 e. The number of thiophene rings is 1. The van der Waals surface area contributed by atoms with Crippen LogP contribution < -0.4 is 19.5 Å². The molecule has 2 aromatic carbocycles. The first-order chi connectivity index (χ1) is 16.2. The number of pyridine rings is 1. The van der Waals surface area contributed by atoms with Gasteiger partial charge < -0.3 is 19.5 Å². The maximum absolute atomic E-state index is 12.3. The number of carbonyl (C=O) groups is 1. The van der Waals surface area contributed by atoms with E-state index in [0.29, 0.717) is 41.7 Å². The van der Waals surface area contributed by atoms with E-state index < -0.39 is 0 Å². The summed E-state index contributed by atoms with van der Waals surface area (Å²) in [5.41, 5.74) is 4.10. The van der Waals surface area contributed by atoms with Crippen LogP contribution >= 0.6 is 11.3 Å². The van der Waals surface area contributed by atoms with Crippen LogP contribution in [0, 0.1) is 0 Å². The number of nitrogens with one attached hydrogen (secondary N) is 1. The van der Waals surface area contributed by atoms with Gasteiger partial charge in [0.25, 0.3) is 5.91 Å². The number of benzene rings is 2. The molecule has 1 amide bonds. The first kappa shape index (κ1) is 22.4. The van der Waals surface area contributed by atoms with Gasteiger partial charge in [0.1, 0.15) is 0 Å². The predicted octanol–water partition coefficient (Wildman–Crippen LogP) is 5.70. The number of rotatable bonds is 9. The van der Waals surface area contributed by atoms with Gasteiger partial charge in [0, 0.05) is 29.1 Å². The van der Waals surface area contributed by atoms with E-state index in [1.807, 2.05) is 71.4 Å². The summed E-state index contributed by atoms with van der Waals surface area (Å²) in [4.78, 5) is 17.0. The smallest absolute Gasteiger partial charge is 0.256 e. The topological polar surface area (TPSA) is 69.7 Å². The van der Waals surface area contributed by atoms with E-state index in [9.17, 15) is 4.79 Å². The van der Waals surface area contributed by atoms with Crippen molar-refractivity contribution in [3.05, 3.63) is 88.6 Å². The molecule has 0 radical (unpaired) electrons. The minimum absolute atomic E-state index is 0.131. The van der Waals surface area contributed by atoms with Crippen LogP contribution in [0.3, 0.4) is 0 Å². The third kappa shape index (κ3) is 5.70. The van der Waals surface area contributed by atoms with Crippen molar-refractivity contribution in [2.24, 2.45) is 0 Å². The van der Waals surface area contributed by atoms with Crippen molar-refractivity contribution in [1.29, 1.82) is 0 Å². The summed E-state index contributed by atoms with van der Waals surface area (Å²) in [6, 6.07) is 20.9. The van der Waals surface area contributed by atoms with Crippen molar-refractivity contribution in [1.82, 2.24) is 4.98 Å². The van der Waals surface area contributed by atoms with Crippen LogP contribution in [-0.4, -0.2) is 31.7 Å². The van der Waals surface area contributed by atoms with Crippen molar-refractivity contribution < 1.29 is 19.0 Å². The van der Waals surface area contributed by atoms with Gasteiger partial charge in [0.2, 0.25) is 5.88 Å².